The Labute approximate surface area is 169 Å². The number of rotatable bonds is 2. The van der Waals surface area contributed by atoms with Crippen LogP contribution in [0.3, 0.4) is 0 Å². The van der Waals surface area contributed by atoms with Gasteiger partial charge in [-0.25, -0.2) is 0 Å². The van der Waals surface area contributed by atoms with Crippen LogP contribution in [0.2, 0.25) is 0 Å². The van der Waals surface area contributed by atoms with Crippen molar-refractivity contribution in [2.24, 2.45) is 39.9 Å². The highest BCUT2D eigenvalue weighted by atomic mass is 16.5. The largest absolute Gasteiger partial charge is 0.463 e. The van der Waals surface area contributed by atoms with Gasteiger partial charge in [-0.15, -0.1) is 0 Å². The number of Topliss-reactive ketones (excluding diaryl/α,β-unsaturated/α-hetero) is 2. The number of hydrogen-bond donors (Lipinski definition) is 0. The van der Waals surface area contributed by atoms with Crippen LogP contribution in [0.5, 0.6) is 0 Å². The minimum Gasteiger partial charge on any atom is -0.463 e. The molecule has 0 radical (unpaired) electrons. The van der Waals surface area contributed by atoms with Gasteiger partial charge in [-0.2, -0.15) is 0 Å². The van der Waals surface area contributed by atoms with Crippen LogP contribution in [0, 0.1) is 39.9 Å². The van der Waals surface area contributed by atoms with Gasteiger partial charge in [0.2, 0.25) is 0 Å². The Balaban J connectivity index is 1.64. The summed E-state index contributed by atoms with van der Waals surface area (Å²) in [7, 11) is 0. The van der Waals surface area contributed by atoms with Crippen molar-refractivity contribution in [1.82, 2.24) is 0 Å². The summed E-state index contributed by atoms with van der Waals surface area (Å²) in [6.07, 6.45) is 7.67. The predicted molar refractivity (Wildman–Crippen MR) is 106 cm³/mol. The number of carbonyl (C=O) groups excluding carboxylic acids is 3. The molecule has 4 aliphatic rings. The van der Waals surface area contributed by atoms with Crippen molar-refractivity contribution < 1.29 is 19.1 Å². The summed E-state index contributed by atoms with van der Waals surface area (Å²) >= 11 is 0. The summed E-state index contributed by atoms with van der Waals surface area (Å²) in [5.41, 5.74) is -0.219. The third-order valence-electron chi connectivity index (χ3n) is 10.0. The molecule has 0 saturated heterocycles. The summed E-state index contributed by atoms with van der Waals surface area (Å²) in [6.45, 7) is 10.0. The molecule has 28 heavy (non-hydrogen) atoms. The first-order valence-corrected chi connectivity index (χ1v) is 11.2. The molecule has 0 unspecified atom stereocenters. The first-order valence-electron chi connectivity index (χ1n) is 11.2. The lowest BCUT2D eigenvalue weighted by atomic mass is 9.40. The lowest BCUT2D eigenvalue weighted by molar-refractivity contribution is -0.185. The van der Waals surface area contributed by atoms with Gasteiger partial charge in [-0.05, 0) is 80.5 Å². The van der Waals surface area contributed by atoms with E-state index in [-0.39, 0.29) is 34.6 Å². The number of ketones is 2. The van der Waals surface area contributed by atoms with Gasteiger partial charge in [0.1, 0.15) is 17.7 Å². The first-order chi connectivity index (χ1) is 13.0. The van der Waals surface area contributed by atoms with Gasteiger partial charge < -0.3 is 4.74 Å². The smallest absolute Gasteiger partial charge is 0.302 e. The van der Waals surface area contributed by atoms with Crippen LogP contribution in [0.15, 0.2) is 0 Å². The molecule has 0 heterocycles. The fourth-order valence-corrected chi connectivity index (χ4v) is 8.28. The molecule has 156 valence electrons. The topological polar surface area (TPSA) is 60.4 Å². The van der Waals surface area contributed by atoms with E-state index in [1.807, 2.05) is 0 Å². The van der Waals surface area contributed by atoms with Crippen LogP contribution < -0.4 is 0 Å². The molecule has 4 nitrogen and oxygen atoms in total. The van der Waals surface area contributed by atoms with Crippen molar-refractivity contribution in [3.8, 4) is 0 Å². The second-order valence-corrected chi connectivity index (χ2v) is 11.0. The van der Waals surface area contributed by atoms with E-state index in [1.54, 1.807) is 6.92 Å². The number of fused-ring (bicyclic) bond motifs is 5. The molecular weight excluding hydrogens is 352 g/mol. The first kappa shape index (κ1) is 20.1. The molecular formula is C24H36O4. The lowest BCUT2D eigenvalue weighted by Crippen LogP contribution is -2.60. The molecule has 0 N–H and O–H groups in total. The molecule has 4 aliphatic carbocycles. The van der Waals surface area contributed by atoms with Gasteiger partial charge in [-0.3, -0.25) is 14.4 Å². The van der Waals surface area contributed by atoms with Gasteiger partial charge in [0, 0.05) is 24.7 Å². The average Bonchev–Trinajstić information content (AvgIpc) is 2.95. The molecule has 0 amide bonds. The monoisotopic (exact) mass is 388 g/mol. The highest BCUT2D eigenvalue weighted by molar-refractivity contribution is 5.93. The Kier molecular flexibility index (Phi) is 4.60. The molecule has 4 heteroatoms. The van der Waals surface area contributed by atoms with Gasteiger partial charge in [0.25, 0.3) is 0 Å². The third kappa shape index (κ3) is 2.58. The number of ether oxygens (including phenoxy) is 1. The lowest BCUT2D eigenvalue weighted by Gasteiger charge is -2.64. The van der Waals surface area contributed by atoms with Crippen LogP contribution in [-0.4, -0.2) is 23.6 Å². The zero-order valence-corrected chi connectivity index (χ0v) is 18.2. The summed E-state index contributed by atoms with van der Waals surface area (Å²) in [4.78, 5) is 37.2. The van der Waals surface area contributed by atoms with E-state index in [4.69, 9.17) is 4.74 Å². The van der Waals surface area contributed by atoms with Crippen LogP contribution >= 0.6 is 0 Å². The summed E-state index contributed by atoms with van der Waals surface area (Å²) in [5, 5.41) is 0. The van der Waals surface area contributed by atoms with E-state index >= 15 is 0 Å². The summed E-state index contributed by atoms with van der Waals surface area (Å²) in [6, 6.07) is 0. The molecule has 0 spiro atoms. The predicted octanol–water partition coefficient (Wildman–Crippen LogP) is 4.74. The maximum atomic E-state index is 13.5. The molecule has 4 fully saturated rings. The SMILES string of the molecule is CC(=O)O[C@H]1CC[C@]2(C)[C@@H]3CC(=O)[C@]4(C)[C@H](CC[C@H]4C(C)=O)[C@H]3CC[C@@]2(C)C1. The molecule has 0 aromatic heterocycles. The second kappa shape index (κ2) is 6.40. The Hall–Kier alpha value is -1.19. The minimum atomic E-state index is -0.438. The van der Waals surface area contributed by atoms with E-state index in [0.717, 1.165) is 44.9 Å². The highest BCUT2D eigenvalue weighted by Gasteiger charge is 2.66. The van der Waals surface area contributed by atoms with E-state index < -0.39 is 5.41 Å². The molecule has 4 saturated carbocycles. The molecule has 0 aliphatic heterocycles. The number of esters is 1. The van der Waals surface area contributed by atoms with E-state index in [2.05, 4.69) is 20.8 Å². The highest BCUT2D eigenvalue weighted by Crippen LogP contribution is 2.70. The van der Waals surface area contributed by atoms with E-state index in [0.29, 0.717) is 30.0 Å². The standard InChI is InChI=1S/C24H36O4/c1-14(25)18-6-7-19-17-9-10-22(3)13-16(28-15(2)26)8-11-23(22,4)20(17)12-21(27)24(18,19)5/h16-20H,6-13H2,1-5H3/t16-,17+,18-,19+,20+,22-,23+,24-/m0/s1. The Morgan fingerprint density at radius 3 is 2.32 bits per heavy atom. The van der Waals surface area contributed by atoms with Gasteiger partial charge in [0.05, 0.1) is 0 Å². The second-order valence-electron chi connectivity index (χ2n) is 11.0. The van der Waals surface area contributed by atoms with Crippen LogP contribution in [0.4, 0.5) is 0 Å². The minimum absolute atomic E-state index is 0.0188. The van der Waals surface area contributed by atoms with Crippen LogP contribution in [-0.2, 0) is 19.1 Å². The molecule has 4 rings (SSSR count). The normalized spacial score (nSPS) is 50.3. The van der Waals surface area contributed by atoms with Gasteiger partial charge >= 0.3 is 5.97 Å². The van der Waals surface area contributed by atoms with Gasteiger partial charge in [-0.1, -0.05) is 20.8 Å². The van der Waals surface area contributed by atoms with Crippen LogP contribution in [0.1, 0.15) is 86.0 Å². The third-order valence-corrected chi connectivity index (χ3v) is 10.0. The molecule has 0 bridgehead atoms. The summed E-state index contributed by atoms with van der Waals surface area (Å²) < 4.78 is 5.59. The van der Waals surface area contributed by atoms with Crippen molar-refractivity contribution in [3.63, 3.8) is 0 Å². The molecule has 8 atom stereocenters. The molecule has 0 aromatic carbocycles. The fraction of sp³-hybridized carbons (Fsp3) is 0.875. The fourth-order valence-electron chi connectivity index (χ4n) is 8.28. The van der Waals surface area contributed by atoms with Crippen molar-refractivity contribution >= 4 is 17.5 Å². The van der Waals surface area contributed by atoms with E-state index in [1.165, 1.54) is 6.92 Å². The van der Waals surface area contributed by atoms with Crippen molar-refractivity contribution in [1.29, 1.82) is 0 Å². The number of hydrogen-bond acceptors (Lipinski definition) is 4. The maximum absolute atomic E-state index is 13.5. The van der Waals surface area contributed by atoms with Crippen LogP contribution in [0.25, 0.3) is 0 Å². The van der Waals surface area contributed by atoms with E-state index in [9.17, 15) is 14.4 Å². The zero-order chi connectivity index (χ0) is 20.5. The number of carbonyl (C=O) groups is 3. The van der Waals surface area contributed by atoms with Gasteiger partial charge in [0.15, 0.2) is 0 Å². The molecule has 0 aromatic rings. The average molecular weight is 389 g/mol. The Bertz CT molecular complexity index is 713. The summed E-state index contributed by atoms with van der Waals surface area (Å²) in [5.74, 6) is 1.59. The van der Waals surface area contributed by atoms with Crippen molar-refractivity contribution in [2.75, 3.05) is 0 Å². The van der Waals surface area contributed by atoms with Crippen molar-refractivity contribution in [2.45, 2.75) is 92.1 Å². The van der Waals surface area contributed by atoms with Crippen molar-refractivity contribution in [3.05, 3.63) is 0 Å². The Morgan fingerprint density at radius 1 is 0.964 bits per heavy atom. The quantitative estimate of drug-likeness (QED) is 0.641. The zero-order valence-electron chi connectivity index (χ0n) is 18.2. The Morgan fingerprint density at radius 2 is 1.68 bits per heavy atom. The maximum Gasteiger partial charge on any atom is 0.302 e.